The number of hydrogen-bond acceptors (Lipinski definition) is 6. The van der Waals surface area contributed by atoms with Gasteiger partial charge in [-0.15, -0.1) is 0 Å². The minimum Gasteiger partial charge on any atom is -0.477 e. The summed E-state index contributed by atoms with van der Waals surface area (Å²) in [5.74, 6) is -1.57. The predicted molar refractivity (Wildman–Crippen MR) is 233 cm³/mol. The first-order valence-corrected chi connectivity index (χ1v) is 21.6. The molecule has 0 fully saturated rings. The predicted octanol–water partition coefficient (Wildman–Crippen LogP) is 11.7. The summed E-state index contributed by atoms with van der Waals surface area (Å²) in [5, 5.41) is 9.61. The first-order valence-electron chi connectivity index (χ1n) is 21.6. The fourth-order valence-corrected chi connectivity index (χ4v) is 5.68. The summed E-state index contributed by atoms with van der Waals surface area (Å²) in [6.45, 7) is 4.50. The number of esters is 2. The zero-order chi connectivity index (χ0) is 41.4. The van der Waals surface area contributed by atoms with Crippen molar-refractivity contribution in [3.05, 3.63) is 85.1 Å². The molecule has 0 aliphatic carbocycles. The molecule has 0 spiro atoms. The van der Waals surface area contributed by atoms with E-state index in [4.69, 9.17) is 14.2 Å². The lowest BCUT2D eigenvalue weighted by atomic mass is 10.1. The lowest BCUT2D eigenvalue weighted by Crippen LogP contribution is -2.50. The van der Waals surface area contributed by atoms with E-state index in [1.807, 2.05) is 21.1 Å². The van der Waals surface area contributed by atoms with E-state index >= 15 is 0 Å². The van der Waals surface area contributed by atoms with Gasteiger partial charge in [-0.2, -0.15) is 0 Å². The van der Waals surface area contributed by atoms with Crippen LogP contribution >= 0.6 is 0 Å². The van der Waals surface area contributed by atoms with Gasteiger partial charge in [0.05, 0.1) is 34.4 Å². The molecule has 0 aromatic rings. The number of carbonyl (C=O) groups is 3. The van der Waals surface area contributed by atoms with Crippen LogP contribution in [0.1, 0.15) is 149 Å². The smallest absolute Gasteiger partial charge is 0.362 e. The topological polar surface area (TPSA) is 99.1 Å². The first kappa shape index (κ1) is 52.5. The molecule has 0 heterocycles. The Kier molecular flexibility index (Phi) is 36.0. The van der Waals surface area contributed by atoms with Gasteiger partial charge < -0.3 is 23.8 Å². The van der Waals surface area contributed by atoms with Gasteiger partial charge in [0.2, 0.25) is 0 Å². The van der Waals surface area contributed by atoms with Gasteiger partial charge >= 0.3 is 17.9 Å². The van der Waals surface area contributed by atoms with Gasteiger partial charge in [0, 0.05) is 19.3 Å². The molecule has 0 aromatic heterocycles. The number of unbranched alkanes of at least 4 members (excludes halogenated alkanes) is 9. The SMILES string of the molecule is CC/C=C/C/C=C/C/C=C/C/C=C/C/C=C/C/C=C/CCCC(=O)OCC(COCCC(C(=O)O)[N+](C)(C)C)OC(=O)CCCCCCC/C=C/CCCCC. The van der Waals surface area contributed by atoms with E-state index < -0.39 is 18.1 Å². The summed E-state index contributed by atoms with van der Waals surface area (Å²) in [6.07, 6.45) is 49.2. The molecule has 0 saturated carbocycles. The average molecular weight is 783 g/mol. The third-order valence-electron chi connectivity index (χ3n) is 9.03. The molecule has 8 nitrogen and oxygen atoms in total. The van der Waals surface area contributed by atoms with Crippen LogP contribution in [0.5, 0.6) is 0 Å². The third kappa shape index (κ3) is 36.2. The molecule has 0 bridgehead atoms. The monoisotopic (exact) mass is 783 g/mol. The number of aliphatic carboxylic acids is 1. The molecule has 0 aliphatic heterocycles. The number of hydrogen-bond donors (Lipinski definition) is 1. The number of likely N-dealkylation sites (N-methyl/N-ethyl adjacent to an activating group) is 1. The van der Waals surface area contributed by atoms with Crippen LogP contribution in [0, 0.1) is 0 Å². The van der Waals surface area contributed by atoms with Gasteiger partial charge in [-0.3, -0.25) is 9.59 Å². The van der Waals surface area contributed by atoms with E-state index in [-0.39, 0.29) is 42.7 Å². The maximum atomic E-state index is 12.7. The Labute approximate surface area is 342 Å². The van der Waals surface area contributed by atoms with Gasteiger partial charge in [0.1, 0.15) is 6.61 Å². The second kappa shape index (κ2) is 38.4. The zero-order valence-electron chi connectivity index (χ0n) is 36.1. The van der Waals surface area contributed by atoms with E-state index in [2.05, 4.69) is 98.9 Å². The Balaban J connectivity index is 4.46. The first-order chi connectivity index (χ1) is 27.1. The Morgan fingerprint density at radius 1 is 0.554 bits per heavy atom. The van der Waals surface area contributed by atoms with Crippen LogP contribution in [0.15, 0.2) is 85.1 Å². The highest BCUT2D eigenvalue weighted by Crippen LogP contribution is 2.12. The number of carbonyl (C=O) groups excluding carboxylic acids is 2. The lowest BCUT2D eigenvalue weighted by Gasteiger charge is -2.31. The summed E-state index contributed by atoms with van der Waals surface area (Å²) in [7, 11) is 5.49. The largest absolute Gasteiger partial charge is 0.477 e. The molecule has 56 heavy (non-hydrogen) atoms. The summed E-state index contributed by atoms with van der Waals surface area (Å²) in [4.78, 5) is 36.9. The normalized spacial score (nSPS) is 13.8. The van der Waals surface area contributed by atoms with Crippen LogP contribution in [0.2, 0.25) is 0 Å². The highest BCUT2D eigenvalue weighted by Gasteiger charge is 2.31. The maximum absolute atomic E-state index is 12.7. The maximum Gasteiger partial charge on any atom is 0.362 e. The number of carboxylic acids is 1. The highest BCUT2D eigenvalue weighted by atomic mass is 16.6. The Hall–Kier alpha value is -3.49. The number of carboxylic acid groups (broad SMARTS) is 1. The fourth-order valence-electron chi connectivity index (χ4n) is 5.68. The van der Waals surface area contributed by atoms with E-state index in [1.54, 1.807) is 0 Å². The number of ether oxygens (including phenoxy) is 3. The lowest BCUT2D eigenvalue weighted by molar-refractivity contribution is -0.887. The van der Waals surface area contributed by atoms with Crippen LogP contribution in [-0.4, -0.2) is 80.6 Å². The van der Waals surface area contributed by atoms with Gasteiger partial charge in [0.25, 0.3) is 0 Å². The molecule has 0 radical (unpaired) electrons. The summed E-state index contributed by atoms with van der Waals surface area (Å²) in [6, 6.07) is -0.628. The van der Waals surface area contributed by atoms with Crippen molar-refractivity contribution in [1.82, 2.24) is 0 Å². The molecule has 8 heteroatoms. The molecule has 2 unspecified atom stereocenters. The zero-order valence-corrected chi connectivity index (χ0v) is 36.1. The van der Waals surface area contributed by atoms with Crippen LogP contribution < -0.4 is 0 Å². The second-order valence-corrected chi connectivity index (χ2v) is 15.2. The van der Waals surface area contributed by atoms with Gasteiger partial charge in [-0.05, 0) is 83.5 Å². The van der Waals surface area contributed by atoms with E-state index in [0.717, 1.165) is 83.5 Å². The third-order valence-corrected chi connectivity index (χ3v) is 9.03. The number of nitrogens with zero attached hydrogens (tertiary/aromatic N) is 1. The Bertz CT molecular complexity index is 1190. The van der Waals surface area contributed by atoms with Crippen molar-refractivity contribution < 1.29 is 38.2 Å². The minimum atomic E-state index is -0.888. The molecule has 0 aliphatic rings. The average Bonchev–Trinajstić information content (AvgIpc) is 3.15. The number of allylic oxidation sites excluding steroid dienone is 14. The van der Waals surface area contributed by atoms with Gasteiger partial charge in [0.15, 0.2) is 12.1 Å². The molecule has 0 saturated heterocycles. The van der Waals surface area contributed by atoms with Gasteiger partial charge in [-0.1, -0.05) is 131 Å². The van der Waals surface area contributed by atoms with Crippen molar-refractivity contribution in [2.45, 2.75) is 161 Å². The van der Waals surface area contributed by atoms with Crippen molar-refractivity contribution in [1.29, 1.82) is 0 Å². The molecule has 0 aromatic carbocycles. The standard InChI is InChI=1S/C48H79NO7/c1-6-8-10-12-14-16-18-20-21-22-23-24-25-26-27-29-30-32-34-36-38-46(50)55-43-44(42-54-41-40-45(48(52)53)49(3,4)5)56-47(51)39-37-35-33-31-28-19-17-15-13-11-9-7-2/h8,10,14-17,20-21,23-24,26-27,30,32,44-45H,6-7,9,11-13,18-19,22,25,28-29,31,33-43H2,1-5H3/p+1/b10-8+,16-14+,17-15+,21-20+,24-23+,27-26+,32-30+. The molecule has 1 N–H and O–H groups in total. The van der Waals surface area contributed by atoms with E-state index in [0.29, 0.717) is 19.3 Å². The van der Waals surface area contributed by atoms with Crippen molar-refractivity contribution in [3.63, 3.8) is 0 Å². The summed E-state index contributed by atoms with van der Waals surface area (Å²) >= 11 is 0. The van der Waals surface area contributed by atoms with Crippen LogP contribution in [0.4, 0.5) is 0 Å². The van der Waals surface area contributed by atoms with E-state index in [1.165, 1.54) is 25.7 Å². The molecular formula is C48H80NO7+. The van der Waals surface area contributed by atoms with Crippen LogP contribution in [-0.2, 0) is 28.6 Å². The Morgan fingerprint density at radius 2 is 1.02 bits per heavy atom. The molecule has 318 valence electrons. The van der Waals surface area contributed by atoms with Crippen molar-refractivity contribution >= 4 is 17.9 Å². The van der Waals surface area contributed by atoms with Crippen LogP contribution in [0.25, 0.3) is 0 Å². The quantitative estimate of drug-likeness (QED) is 0.0290. The fraction of sp³-hybridized carbons (Fsp3) is 0.646. The number of rotatable bonds is 37. The molecule has 2 atom stereocenters. The van der Waals surface area contributed by atoms with Crippen molar-refractivity contribution in [2.24, 2.45) is 0 Å². The molecule has 0 rings (SSSR count). The number of quaternary nitrogens is 1. The minimum absolute atomic E-state index is 0.0347. The van der Waals surface area contributed by atoms with Gasteiger partial charge in [-0.25, -0.2) is 4.79 Å². The second-order valence-electron chi connectivity index (χ2n) is 15.2. The van der Waals surface area contributed by atoms with Crippen molar-refractivity contribution in [3.8, 4) is 0 Å². The molecular weight excluding hydrogens is 703 g/mol. The van der Waals surface area contributed by atoms with E-state index in [9.17, 15) is 19.5 Å². The summed E-state index contributed by atoms with van der Waals surface area (Å²) < 4.78 is 17.2. The summed E-state index contributed by atoms with van der Waals surface area (Å²) in [5.41, 5.74) is 0. The Morgan fingerprint density at radius 3 is 1.55 bits per heavy atom. The van der Waals surface area contributed by atoms with Crippen LogP contribution in [0.3, 0.4) is 0 Å². The van der Waals surface area contributed by atoms with Crippen molar-refractivity contribution in [2.75, 3.05) is 41.0 Å². The highest BCUT2D eigenvalue weighted by molar-refractivity contribution is 5.72. The molecule has 0 amide bonds.